The van der Waals surface area contributed by atoms with Gasteiger partial charge in [-0.05, 0) is 39.0 Å². The minimum Gasteiger partial charge on any atom is -0.340 e. The summed E-state index contributed by atoms with van der Waals surface area (Å²) >= 11 is 0. The molecule has 2 aliphatic heterocycles. The van der Waals surface area contributed by atoms with Crippen LogP contribution < -0.4 is 5.73 Å². The van der Waals surface area contributed by atoms with Crippen LogP contribution in [-0.4, -0.2) is 52.8 Å². The number of amides is 2. The van der Waals surface area contributed by atoms with E-state index >= 15 is 0 Å². The van der Waals surface area contributed by atoms with Gasteiger partial charge in [0, 0.05) is 25.6 Å². The Morgan fingerprint density at radius 2 is 1.95 bits per heavy atom. The molecule has 2 rings (SSSR count). The van der Waals surface area contributed by atoms with E-state index < -0.39 is 6.04 Å². The molecule has 0 bridgehead atoms. The zero-order valence-corrected chi connectivity index (χ0v) is 12.6. The maximum Gasteiger partial charge on any atom is 0.240 e. The van der Waals surface area contributed by atoms with Crippen LogP contribution >= 0.6 is 0 Å². The topological polar surface area (TPSA) is 90.4 Å². The molecular formula is C15H24N4O2. The predicted molar refractivity (Wildman–Crippen MR) is 78.0 cm³/mol. The van der Waals surface area contributed by atoms with Crippen LogP contribution in [-0.2, 0) is 9.59 Å². The van der Waals surface area contributed by atoms with Crippen molar-refractivity contribution in [3.05, 3.63) is 0 Å². The van der Waals surface area contributed by atoms with Crippen molar-refractivity contribution in [1.82, 2.24) is 9.80 Å². The van der Waals surface area contributed by atoms with E-state index in [4.69, 9.17) is 11.0 Å². The van der Waals surface area contributed by atoms with Gasteiger partial charge in [0.2, 0.25) is 11.8 Å². The molecule has 2 aliphatic rings. The molecule has 2 fully saturated rings. The Kier molecular flexibility index (Phi) is 5.18. The van der Waals surface area contributed by atoms with E-state index in [1.807, 2.05) is 4.90 Å². The third-order valence-electron chi connectivity index (χ3n) is 4.54. The van der Waals surface area contributed by atoms with E-state index in [1.54, 1.807) is 4.90 Å². The van der Waals surface area contributed by atoms with Crippen molar-refractivity contribution in [3.63, 3.8) is 0 Å². The molecule has 21 heavy (non-hydrogen) atoms. The van der Waals surface area contributed by atoms with Crippen LogP contribution in [0.4, 0.5) is 0 Å². The van der Waals surface area contributed by atoms with E-state index in [0.717, 1.165) is 32.2 Å². The molecule has 2 unspecified atom stereocenters. The van der Waals surface area contributed by atoms with Gasteiger partial charge >= 0.3 is 0 Å². The third-order valence-corrected chi connectivity index (χ3v) is 4.54. The van der Waals surface area contributed by atoms with Crippen molar-refractivity contribution in [3.8, 4) is 6.07 Å². The highest BCUT2D eigenvalue weighted by atomic mass is 16.2. The van der Waals surface area contributed by atoms with Crippen LogP contribution in [0.3, 0.4) is 0 Å². The summed E-state index contributed by atoms with van der Waals surface area (Å²) in [6.45, 7) is 3.46. The van der Waals surface area contributed by atoms with Crippen molar-refractivity contribution < 1.29 is 9.59 Å². The number of hydrogen-bond acceptors (Lipinski definition) is 4. The van der Waals surface area contributed by atoms with Crippen LogP contribution in [0.15, 0.2) is 0 Å². The first kappa shape index (κ1) is 15.8. The zero-order chi connectivity index (χ0) is 15.4. The SMILES string of the molecule is C[C@@H]1CCCN1C(=O)CCC(N)C(=O)N1CCCC1C#N. The fraction of sp³-hybridized carbons (Fsp3) is 0.800. The Bertz CT molecular complexity index is 445. The lowest BCUT2D eigenvalue weighted by molar-refractivity contribution is -0.134. The average molecular weight is 292 g/mol. The standard InChI is InChI=1S/C15H24N4O2/c1-11-4-2-8-18(11)14(20)7-6-13(17)15(21)19-9-3-5-12(19)10-16/h11-13H,2-9,17H2,1H3/t11-,12?,13?/m1/s1. The summed E-state index contributed by atoms with van der Waals surface area (Å²) in [6.07, 6.45) is 4.34. The molecule has 6 heteroatoms. The van der Waals surface area contributed by atoms with Gasteiger partial charge in [-0.25, -0.2) is 0 Å². The molecule has 2 amide bonds. The monoisotopic (exact) mass is 292 g/mol. The molecule has 0 aromatic heterocycles. The van der Waals surface area contributed by atoms with Gasteiger partial charge in [-0.15, -0.1) is 0 Å². The molecule has 0 aromatic rings. The molecule has 0 saturated carbocycles. The molecular weight excluding hydrogens is 268 g/mol. The van der Waals surface area contributed by atoms with Crippen LogP contribution in [0.1, 0.15) is 45.4 Å². The second kappa shape index (κ2) is 6.90. The third kappa shape index (κ3) is 3.53. The molecule has 0 aromatic carbocycles. The van der Waals surface area contributed by atoms with Crippen LogP contribution in [0.2, 0.25) is 0 Å². The van der Waals surface area contributed by atoms with Crippen LogP contribution in [0, 0.1) is 11.3 Å². The molecule has 0 spiro atoms. The second-order valence-electron chi connectivity index (χ2n) is 6.04. The van der Waals surface area contributed by atoms with E-state index in [2.05, 4.69) is 13.0 Å². The lowest BCUT2D eigenvalue weighted by Crippen LogP contribution is -2.46. The zero-order valence-electron chi connectivity index (χ0n) is 12.6. The Morgan fingerprint density at radius 3 is 2.57 bits per heavy atom. The first-order chi connectivity index (χ1) is 10.0. The summed E-state index contributed by atoms with van der Waals surface area (Å²) in [7, 11) is 0. The number of likely N-dealkylation sites (tertiary alicyclic amines) is 2. The van der Waals surface area contributed by atoms with Gasteiger partial charge in [-0.3, -0.25) is 9.59 Å². The Balaban J connectivity index is 1.81. The minimum atomic E-state index is -0.680. The largest absolute Gasteiger partial charge is 0.340 e. The average Bonchev–Trinajstić information content (AvgIpc) is 3.11. The van der Waals surface area contributed by atoms with Crippen molar-refractivity contribution in [2.45, 2.75) is 63.6 Å². The molecule has 3 atom stereocenters. The number of carbonyl (C=O) groups is 2. The molecule has 2 heterocycles. The van der Waals surface area contributed by atoms with Crippen molar-refractivity contribution in [2.24, 2.45) is 5.73 Å². The Labute approximate surface area is 125 Å². The summed E-state index contributed by atoms with van der Waals surface area (Å²) in [5, 5.41) is 9.01. The van der Waals surface area contributed by atoms with Gasteiger partial charge in [0.05, 0.1) is 12.1 Å². The van der Waals surface area contributed by atoms with Gasteiger partial charge in [0.1, 0.15) is 6.04 Å². The quantitative estimate of drug-likeness (QED) is 0.822. The lowest BCUT2D eigenvalue weighted by Gasteiger charge is -2.25. The fourth-order valence-corrected chi connectivity index (χ4v) is 3.23. The van der Waals surface area contributed by atoms with Crippen LogP contribution in [0.25, 0.3) is 0 Å². The molecule has 0 aliphatic carbocycles. The maximum atomic E-state index is 12.2. The fourth-order valence-electron chi connectivity index (χ4n) is 3.23. The normalized spacial score (nSPS) is 26.7. The number of nitriles is 1. The molecule has 0 radical (unpaired) electrons. The van der Waals surface area contributed by atoms with Crippen molar-refractivity contribution in [2.75, 3.05) is 13.1 Å². The summed E-state index contributed by atoms with van der Waals surface area (Å²) in [4.78, 5) is 27.8. The number of rotatable bonds is 4. The summed E-state index contributed by atoms with van der Waals surface area (Å²) in [5.74, 6) is -0.108. The van der Waals surface area contributed by atoms with Gasteiger partial charge in [-0.2, -0.15) is 5.26 Å². The molecule has 6 nitrogen and oxygen atoms in total. The van der Waals surface area contributed by atoms with E-state index in [-0.39, 0.29) is 17.9 Å². The first-order valence-corrected chi connectivity index (χ1v) is 7.79. The minimum absolute atomic E-state index is 0.0847. The molecule has 2 saturated heterocycles. The Hall–Kier alpha value is -1.61. The van der Waals surface area contributed by atoms with Crippen LogP contribution in [0.5, 0.6) is 0 Å². The smallest absolute Gasteiger partial charge is 0.240 e. The number of carbonyl (C=O) groups excluding carboxylic acids is 2. The summed E-state index contributed by atoms with van der Waals surface area (Å²) in [5.41, 5.74) is 5.92. The lowest BCUT2D eigenvalue weighted by atomic mass is 10.1. The molecule has 2 N–H and O–H groups in total. The highest BCUT2D eigenvalue weighted by Crippen LogP contribution is 2.20. The van der Waals surface area contributed by atoms with E-state index in [9.17, 15) is 9.59 Å². The number of nitrogens with zero attached hydrogens (tertiary/aromatic N) is 3. The first-order valence-electron chi connectivity index (χ1n) is 7.79. The van der Waals surface area contributed by atoms with E-state index in [1.165, 1.54) is 0 Å². The van der Waals surface area contributed by atoms with Gasteiger partial charge in [-0.1, -0.05) is 0 Å². The second-order valence-corrected chi connectivity index (χ2v) is 6.04. The van der Waals surface area contributed by atoms with Crippen molar-refractivity contribution in [1.29, 1.82) is 5.26 Å². The van der Waals surface area contributed by atoms with E-state index in [0.29, 0.717) is 25.4 Å². The highest BCUT2D eigenvalue weighted by molar-refractivity contribution is 5.84. The summed E-state index contributed by atoms with van der Waals surface area (Å²) < 4.78 is 0. The van der Waals surface area contributed by atoms with Gasteiger partial charge in [0.15, 0.2) is 0 Å². The summed E-state index contributed by atoms with van der Waals surface area (Å²) in [6, 6.07) is 1.41. The maximum absolute atomic E-state index is 12.2. The van der Waals surface area contributed by atoms with Gasteiger partial charge < -0.3 is 15.5 Å². The predicted octanol–water partition coefficient (Wildman–Crippen LogP) is 0.619. The highest BCUT2D eigenvalue weighted by Gasteiger charge is 2.32. The number of nitrogens with two attached hydrogens (primary N) is 1. The molecule has 116 valence electrons. The van der Waals surface area contributed by atoms with Gasteiger partial charge in [0.25, 0.3) is 0 Å². The van der Waals surface area contributed by atoms with Crippen molar-refractivity contribution >= 4 is 11.8 Å². The number of hydrogen-bond donors (Lipinski definition) is 1. The Morgan fingerprint density at radius 1 is 1.29 bits per heavy atom.